The number of aliphatic hydroxyl groups is 1. The van der Waals surface area contributed by atoms with Crippen LogP contribution in [0.2, 0.25) is 0 Å². The Morgan fingerprint density at radius 3 is 2.83 bits per heavy atom. The summed E-state index contributed by atoms with van der Waals surface area (Å²) in [6.07, 6.45) is 2.04. The second-order valence-electron chi connectivity index (χ2n) is 7.09. The standard InChI is InChI=1S/C18H27N3O3/c1-18(2,3)24-17(22)21-10-5-4-7-13(21)12-23-16-9-6-8-15(20)14(16)11-19/h6,8-9,13,17,22H,4-5,7,10,12,20H2,1-3H3/t13-,17?/m1/s1. The number of aliphatic hydroxyl groups excluding tert-OH is 1. The minimum absolute atomic E-state index is 0.0315. The molecule has 2 atom stereocenters. The van der Waals surface area contributed by atoms with Crippen molar-refractivity contribution in [2.45, 2.75) is 58.1 Å². The Labute approximate surface area is 143 Å². The van der Waals surface area contributed by atoms with E-state index in [-0.39, 0.29) is 6.04 Å². The van der Waals surface area contributed by atoms with Crippen LogP contribution in [0.25, 0.3) is 0 Å². The number of nitrogens with two attached hydrogens (primary N) is 1. The Morgan fingerprint density at radius 1 is 1.42 bits per heavy atom. The Balaban J connectivity index is 2.04. The zero-order valence-corrected chi connectivity index (χ0v) is 14.7. The molecule has 1 heterocycles. The van der Waals surface area contributed by atoms with Crippen LogP contribution in [0.15, 0.2) is 18.2 Å². The molecule has 6 heteroatoms. The molecule has 1 aliphatic heterocycles. The molecular weight excluding hydrogens is 306 g/mol. The summed E-state index contributed by atoms with van der Waals surface area (Å²) < 4.78 is 11.5. The summed E-state index contributed by atoms with van der Waals surface area (Å²) in [5.41, 5.74) is 6.15. The number of benzene rings is 1. The van der Waals surface area contributed by atoms with Gasteiger partial charge in [0.1, 0.15) is 24.0 Å². The topological polar surface area (TPSA) is 91.7 Å². The lowest BCUT2D eigenvalue weighted by Crippen LogP contribution is -2.51. The number of hydrogen-bond donors (Lipinski definition) is 2. The molecule has 0 radical (unpaired) electrons. The van der Waals surface area contributed by atoms with Crippen LogP contribution in [-0.2, 0) is 4.74 Å². The predicted octanol–water partition coefficient (Wildman–Crippen LogP) is 2.46. The second kappa shape index (κ2) is 7.84. The van der Waals surface area contributed by atoms with Crippen molar-refractivity contribution in [3.05, 3.63) is 23.8 Å². The van der Waals surface area contributed by atoms with Gasteiger partial charge in [0.05, 0.1) is 11.3 Å². The van der Waals surface area contributed by atoms with Gasteiger partial charge >= 0.3 is 0 Å². The molecule has 2 rings (SSSR count). The normalized spacial score (nSPS) is 20.4. The van der Waals surface area contributed by atoms with Crippen molar-refractivity contribution >= 4 is 5.69 Å². The first-order valence-corrected chi connectivity index (χ1v) is 8.35. The van der Waals surface area contributed by atoms with Crippen LogP contribution in [0, 0.1) is 11.3 Å². The van der Waals surface area contributed by atoms with Crippen LogP contribution < -0.4 is 10.5 Å². The first-order valence-electron chi connectivity index (χ1n) is 8.35. The number of nitrogens with zero attached hydrogens (tertiary/aromatic N) is 2. The van der Waals surface area contributed by atoms with Gasteiger partial charge in [0.2, 0.25) is 6.41 Å². The Kier molecular flexibility index (Phi) is 6.05. The van der Waals surface area contributed by atoms with E-state index in [1.54, 1.807) is 18.2 Å². The highest BCUT2D eigenvalue weighted by Crippen LogP contribution is 2.26. The molecule has 1 fully saturated rings. The summed E-state index contributed by atoms with van der Waals surface area (Å²) in [5, 5.41) is 19.6. The largest absolute Gasteiger partial charge is 0.490 e. The van der Waals surface area contributed by atoms with Gasteiger partial charge in [0.15, 0.2) is 0 Å². The van der Waals surface area contributed by atoms with Crippen LogP contribution in [0.3, 0.4) is 0 Å². The molecule has 24 heavy (non-hydrogen) atoms. The summed E-state index contributed by atoms with van der Waals surface area (Å²) in [6, 6.07) is 7.30. The summed E-state index contributed by atoms with van der Waals surface area (Å²) in [6.45, 7) is 6.88. The Bertz CT molecular complexity index is 592. The third-order valence-corrected chi connectivity index (χ3v) is 4.02. The summed E-state index contributed by atoms with van der Waals surface area (Å²) >= 11 is 0. The lowest BCUT2D eigenvalue weighted by atomic mass is 10.0. The Morgan fingerprint density at radius 2 is 2.17 bits per heavy atom. The molecule has 1 aliphatic rings. The number of likely N-dealkylation sites (tertiary alicyclic amines) is 1. The first kappa shape index (κ1) is 18.5. The van der Waals surface area contributed by atoms with Gasteiger partial charge < -0.3 is 20.3 Å². The molecule has 3 N–H and O–H groups in total. The molecule has 0 aromatic heterocycles. The molecular formula is C18H27N3O3. The van der Waals surface area contributed by atoms with E-state index in [1.807, 2.05) is 25.7 Å². The van der Waals surface area contributed by atoms with E-state index in [1.165, 1.54) is 0 Å². The fourth-order valence-electron chi connectivity index (χ4n) is 2.85. The van der Waals surface area contributed by atoms with Crippen molar-refractivity contribution in [1.82, 2.24) is 4.90 Å². The molecule has 1 aromatic rings. The molecule has 1 unspecified atom stereocenters. The van der Waals surface area contributed by atoms with E-state index < -0.39 is 12.0 Å². The van der Waals surface area contributed by atoms with Crippen molar-refractivity contribution < 1.29 is 14.6 Å². The quantitative estimate of drug-likeness (QED) is 0.635. The van der Waals surface area contributed by atoms with E-state index in [4.69, 9.17) is 15.2 Å². The number of hydrogen-bond acceptors (Lipinski definition) is 6. The SMILES string of the molecule is CC(C)(C)OC(O)N1CCCC[C@@H]1COc1cccc(N)c1C#N. The Hall–Kier alpha value is -1.81. The highest BCUT2D eigenvalue weighted by atomic mass is 16.6. The number of rotatable bonds is 5. The average molecular weight is 333 g/mol. The van der Waals surface area contributed by atoms with Gasteiger partial charge in [-0.2, -0.15) is 5.26 Å². The molecule has 0 saturated carbocycles. The maximum Gasteiger partial charge on any atom is 0.216 e. The molecule has 1 saturated heterocycles. The number of nitrogen functional groups attached to an aromatic ring is 1. The van der Waals surface area contributed by atoms with Crippen LogP contribution >= 0.6 is 0 Å². The predicted molar refractivity (Wildman–Crippen MR) is 92.3 cm³/mol. The lowest BCUT2D eigenvalue weighted by Gasteiger charge is -2.40. The molecule has 0 spiro atoms. The van der Waals surface area contributed by atoms with E-state index in [2.05, 4.69) is 6.07 Å². The van der Waals surface area contributed by atoms with Crippen LogP contribution in [0.5, 0.6) is 5.75 Å². The van der Waals surface area contributed by atoms with Crippen molar-refractivity contribution in [3.8, 4) is 11.8 Å². The number of ether oxygens (including phenoxy) is 2. The van der Waals surface area contributed by atoms with Gasteiger partial charge in [-0.05, 0) is 45.7 Å². The summed E-state index contributed by atoms with van der Waals surface area (Å²) in [5.74, 6) is 0.481. The minimum Gasteiger partial charge on any atom is -0.490 e. The van der Waals surface area contributed by atoms with Gasteiger partial charge in [-0.25, -0.2) is 4.90 Å². The second-order valence-corrected chi connectivity index (χ2v) is 7.09. The summed E-state index contributed by atoms with van der Waals surface area (Å²) in [7, 11) is 0. The highest BCUT2D eigenvalue weighted by Gasteiger charge is 2.31. The van der Waals surface area contributed by atoms with E-state index in [9.17, 15) is 10.4 Å². The fraction of sp³-hybridized carbons (Fsp3) is 0.611. The first-order chi connectivity index (χ1) is 11.3. The third-order valence-electron chi connectivity index (χ3n) is 4.02. The number of piperidine rings is 1. The van der Waals surface area contributed by atoms with E-state index >= 15 is 0 Å². The third kappa shape index (κ3) is 4.84. The van der Waals surface area contributed by atoms with Gasteiger partial charge in [0.25, 0.3) is 0 Å². The van der Waals surface area contributed by atoms with E-state index in [0.717, 1.165) is 25.8 Å². The molecule has 0 aliphatic carbocycles. The number of anilines is 1. The van der Waals surface area contributed by atoms with Crippen LogP contribution in [0.4, 0.5) is 5.69 Å². The molecule has 132 valence electrons. The van der Waals surface area contributed by atoms with E-state index in [0.29, 0.717) is 23.6 Å². The van der Waals surface area contributed by atoms with Crippen molar-refractivity contribution in [2.75, 3.05) is 18.9 Å². The minimum atomic E-state index is -0.963. The van der Waals surface area contributed by atoms with Gasteiger partial charge in [-0.15, -0.1) is 0 Å². The maximum absolute atomic E-state index is 10.4. The zero-order chi connectivity index (χ0) is 17.7. The zero-order valence-electron chi connectivity index (χ0n) is 14.7. The smallest absolute Gasteiger partial charge is 0.216 e. The molecule has 1 aromatic carbocycles. The van der Waals surface area contributed by atoms with Gasteiger partial charge in [-0.1, -0.05) is 12.5 Å². The average Bonchev–Trinajstić information content (AvgIpc) is 2.51. The van der Waals surface area contributed by atoms with Gasteiger partial charge in [-0.3, -0.25) is 0 Å². The highest BCUT2D eigenvalue weighted by molar-refractivity contribution is 5.60. The maximum atomic E-state index is 10.4. The number of nitriles is 1. The van der Waals surface area contributed by atoms with Crippen LogP contribution in [0.1, 0.15) is 45.6 Å². The molecule has 6 nitrogen and oxygen atoms in total. The van der Waals surface area contributed by atoms with Crippen molar-refractivity contribution in [1.29, 1.82) is 5.26 Å². The fourth-order valence-corrected chi connectivity index (χ4v) is 2.85. The summed E-state index contributed by atoms with van der Waals surface area (Å²) in [4.78, 5) is 1.92. The lowest BCUT2D eigenvalue weighted by molar-refractivity contribution is -0.254. The van der Waals surface area contributed by atoms with Crippen molar-refractivity contribution in [3.63, 3.8) is 0 Å². The molecule has 0 amide bonds. The van der Waals surface area contributed by atoms with Crippen LogP contribution in [-0.4, -0.2) is 41.2 Å². The monoisotopic (exact) mass is 333 g/mol. The van der Waals surface area contributed by atoms with Crippen molar-refractivity contribution in [2.24, 2.45) is 0 Å². The van der Waals surface area contributed by atoms with Gasteiger partial charge in [0, 0.05) is 12.6 Å². The molecule has 0 bridgehead atoms.